The molecule has 0 spiro atoms. The minimum Gasteiger partial charge on any atom is -0.493 e. The molecule has 1 aromatic carbocycles. The van der Waals surface area contributed by atoms with Gasteiger partial charge in [-0.3, -0.25) is 9.59 Å². The number of Topliss-reactive ketones (excluding diaryl/α,β-unsaturated/α-hetero) is 1. The Balaban J connectivity index is 2.06. The van der Waals surface area contributed by atoms with Gasteiger partial charge < -0.3 is 14.4 Å². The number of amides is 1. The number of benzene rings is 1. The highest BCUT2D eigenvalue weighted by Crippen LogP contribution is 2.27. The molecule has 0 aromatic heterocycles. The lowest BCUT2D eigenvalue weighted by molar-refractivity contribution is -0.131. The molecule has 0 radical (unpaired) electrons. The van der Waals surface area contributed by atoms with E-state index in [2.05, 4.69) is 0 Å². The van der Waals surface area contributed by atoms with Crippen molar-refractivity contribution >= 4 is 11.7 Å². The molecule has 0 unspecified atom stereocenters. The average molecular weight is 263 g/mol. The zero-order valence-corrected chi connectivity index (χ0v) is 11.1. The molecule has 1 saturated heterocycles. The van der Waals surface area contributed by atoms with Gasteiger partial charge >= 0.3 is 0 Å². The van der Waals surface area contributed by atoms with Crippen LogP contribution in [0, 0.1) is 0 Å². The van der Waals surface area contributed by atoms with Crippen LogP contribution < -0.4 is 9.47 Å². The summed E-state index contributed by atoms with van der Waals surface area (Å²) in [7, 11) is 3.13. The third-order valence-corrected chi connectivity index (χ3v) is 3.18. The van der Waals surface area contributed by atoms with Crippen LogP contribution in [0.4, 0.5) is 0 Å². The van der Waals surface area contributed by atoms with Crippen LogP contribution in [-0.4, -0.2) is 43.9 Å². The van der Waals surface area contributed by atoms with Crippen molar-refractivity contribution in [2.24, 2.45) is 0 Å². The Hall–Kier alpha value is -2.04. The first-order chi connectivity index (χ1) is 9.13. The highest BCUT2D eigenvalue weighted by molar-refractivity contribution is 5.90. The van der Waals surface area contributed by atoms with Crippen molar-refractivity contribution in [3.05, 3.63) is 23.8 Å². The minimum absolute atomic E-state index is 0.0296. The zero-order chi connectivity index (χ0) is 13.8. The van der Waals surface area contributed by atoms with Crippen LogP contribution in [0.3, 0.4) is 0 Å². The number of ether oxygens (including phenoxy) is 2. The Kier molecular flexibility index (Phi) is 4.04. The summed E-state index contributed by atoms with van der Waals surface area (Å²) in [6.45, 7) is 0.775. The summed E-state index contributed by atoms with van der Waals surface area (Å²) in [6, 6.07) is 5.39. The molecule has 1 aromatic rings. The first-order valence-corrected chi connectivity index (χ1v) is 6.14. The number of ketones is 1. The fourth-order valence-corrected chi connectivity index (χ4v) is 2.12. The monoisotopic (exact) mass is 263 g/mol. The summed E-state index contributed by atoms with van der Waals surface area (Å²) < 4.78 is 10.3. The number of hydrogen-bond acceptors (Lipinski definition) is 4. The van der Waals surface area contributed by atoms with Gasteiger partial charge in [0.25, 0.3) is 0 Å². The second-order valence-corrected chi connectivity index (χ2v) is 4.47. The molecule has 0 saturated carbocycles. The number of likely N-dealkylation sites (tertiary alicyclic amines) is 1. The van der Waals surface area contributed by atoms with Crippen molar-refractivity contribution in [2.45, 2.75) is 12.8 Å². The molecule has 102 valence electrons. The van der Waals surface area contributed by atoms with Gasteiger partial charge in [-0.05, 0) is 17.7 Å². The molecule has 1 aliphatic heterocycles. The Labute approximate surface area is 112 Å². The number of rotatable bonds is 4. The molecule has 1 heterocycles. The van der Waals surface area contributed by atoms with Gasteiger partial charge in [0.2, 0.25) is 5.91 Å². The molecule has 1 fully saturated rings. The minimum atomic E-state index is -0.0296. The van der Waals surface area contributed by atoms with Crippen LogP contribution in [-0.2, 0) is 16.0 Å². The van der Waals surface area contributed by atoms with Gasteiger partial charge in [-0.2, -0.15) is 0 Å². The van der Waals surface area contributed by atoms with Crippen LogP contribution in [0.15, 0.2) is 18.2 Å². The predicted molar refractivity (Wildman–Crippen MR) is 69.5 cm³/mol. The van der Waals surface area contributed by atoms with Crippen molar-refractivity contribution in [1.82, 2.24) is 4.90 Å². The number of carbonyl (C=O) groups excluding carboxylic acids is 2. The van der Waals surface area contributed by atoms with E-state index in [1.165, 1.54) is 0 Å². The first kappa shape index (κ1) is 13.4. The number of methoxy groups -OCH3 is 2. The lowest BCUT2D eigenvalue weighted by atomic mass is 10.1. The van der Waals surface area contributed by atoms with E-state index in [4.69, 9.17) is 9.47 Å². The Morgan fingerprint density at radius 3 is 2.58 bits per heavy atom. The highest BCUT2D eigenvalue weighted by Gasteiger charge is 2.23. The van der Waals surface area contributed by atoms with Gasteiger partial charge in [0.1, 0.15) is 0 Å². The highest BCUT2D eigenvalue weighted by atomic mass is 16.5. The van der Waals surface area contributed by atoms with Crippen molar-refractivity contribution in [3.8, 4) is 11.5 Å². The quantitative estimate of drug-likeness (QED) is 0.814. The molecule has 2 rings (SSSR count). The Morgan fingerprint density at radius 1 is 1.26 bits per heavy atom. The Bertz CT molecular complexity index is 498. The van der Waals surface area contributed by atoms with E-state index < -0.39 is 0 Å². The number of carbonyl (C=O) groups is 2. The van der Waals surface area contributed by atoms with E-state index in [0.717, 1.165) is 5.56 Å². The molecule has 5 nitrogen and oxygen atoms in total. The summed E-state index contributed by atoms with van der Waals surface area (Å²) in [4.78, 5) is 24.8. The van der Waals surface area contributed by atoms with E-state index in [9.17, 15) is 9.59 Å². The smallest absolute Gasteiger partial charge is 0.227 e. The average Bonchev–Trinajstić information content (AvgIpc) is 2.85. The first-order valence-electron chi connectivity index (χ1n) is 6.14. The van der Waals surface area contributed by atoms with Crippen LogP contribution in [0.5, 0.6) is 11.5 Å². The fraction of sp³-hybridized carbons (Fsp3) is 0.429. The molecule has 0 aliphatic carbocycles. The topological polar surface area (TPSA) is 55.8 Å². The standard InChI is InChI=1S/C14H17NO4/c1-18-12-4-3-10(7-13(12)19-2)8-14(17)15-6-5-11(16)9-15/h3-4,7H,5-6,8-9H2,1-2H3. The molecule has 0 N–H and O–H groups in total. The Morgan fingerprint density at radius 2 is 2.00 bits per heavy atom. The van der Waals surface area contributed by atoms with E-state index in [0.29, 0.717) is 24.5 Å². The van der Waals surface area contributed by atoms with Crippen LogP contribution >= 0.6 is 0 Å². The van der Waals surface area contributed by atoms with Crippen LogP contribution in [0.2, 0.25) is 0 Å². The maximum Gasteiger partial charge on any atom is 0.227 e. The normalized spacial score (nSPS) is 14.6. The summed E-state index contributed by atoms with van der Waals surface area (Å²) in [5.41, 5.74) is 0.849. The largest absolute Gasteiger partial charge is 0.493 e. The van der Waals surface area contributed by atoms with E-state index in [1.54, 1.807) is 31.3 Å². The molecule has 0 bridgehead atoms. The van der Waals surface area contributed by atoms with E-state index >= 15 is 0 Å². The summed E-state index contributed by atoms with van der Waals surface area (Å²) in [5.74, 6) is 1.33. The molecule has 19 heavy (non-hydrogen) atoms. The van der Waals surface area contributed by atoms with Crippen molar-refractivity contribution in [2.75, 3.05) is 27.3 Å². The molecule has 5 heteroatoms. The van der Waals surface area contributed by atoms with E-state index in [-0.39, 0.29) is 24.7 Å². The molecule has 0 atom stereocenters. The fourth-order valence-electron chi connectivity index (χ4n) is 2.12. The zero-order valence-electron chi connectivity index (χ0n) is 11.1. The predicted octanol–water partition coefficient (Wildman–Crippen LogP) is 1.05. The lowest BCUT2D eigenvalue weighted by Gasteiger charge is -2.15. The third-order valence-electron chi connectivity index (χ3n) is 3.18. The number of nitrogens with zero attached hydrogens (tertiary/aromatic N) is 1. The number of hydrogen-bond donors (Lipinski definition) is 0. The third kappa shape index (κ3) is 3.05. The van der Waals surface area contributed by atoms with Crippen molar-refractivity contribution in [1.29, 1.82) is 0 Å². The van der Waals surface area contributed by atoms with E-state index in [1.807, 2.05) is 6.07 Å². The van der Waals surface area contributed by atoms with Crippen molar-refractivity contribution in [3.63, 3.8) is 0 Å². The van der Waals surface area contributed by atoms with Gasteiger partial charge in [-0.25, -0.2) is 0 Å². The molecular weight excluding hydrogens is 246 g/mol. The summed E-state index contributed by atoms with van der Waals surface area (Å²) >= 11 is 0. The summed E-state index contributed by atoms with van der Waals surface area (Å²) in [5, 5.41) is 0. The molecule has 1 amide bonds. The van der Waals surface area contributed by atoms with Crippen LogP contribution in [0.1, 0.15) is 12.0 Å². The lowest BCUT2D eigenvalue weighted by Crippen LogP contribution is -2.30. The second kappa shape index (κ2) is 5.73. The van der Waals surface area contributed by atoms with Crippen molar-refractivity contribution < 1.29 is 19.1 Å². The van der Waals surface area contributed by atoms with Gasteiger partial charge in [0.15, 0.2) is 17.3 Å². The molecular formula is C14H17NO4. The summed E-state index contributed by atoms with van der Waals surface area (Å²) in [6.07, 6.45) is 0.741. The maximum absolute atomic E-state index is 12.0. The second-order valence-electron chi connectivity index (χ2n) is 4.47. The van der Waals surface area contributed by atoms with Crippen LogP contribution in [0.25, 0.3) is 0 Å². The molecule has 1 aliphatic rings. The van der Waals surface area contributed by atoms with Gasteiger partial charge in [-0.1, -0.05) is 6.07 Å². The van der Waals surface area contributed by atoms with Gasteiger partial charge in [0, 0.05) is 13.0 Å². The van der Waals surface area contributed by atoms with Gasteiger partial charge in [-0.15, -0.1) is 0 Å². The maximum atomic E-state index is 12.0. The van der Waals surface area contributed by atoms with Gasteiger partial charge in [0.05, 0.1) is 27.2 Å². The SMILES string of the molecule is COc1ccc(CC(=O)N2CCC(=O)C2)cc1OC.